The highest BCUT2D eigenvalue weighted by Gasteiger charge is 2.05. The first-order valence-corrected chi connectivity index (χ1v) is 6.42. The highest BCUT2D eigenvalue weighted by atomic mass is 79.9. The number of hydrogen-bond acceptors (Lipinski definition) is 3. The highest BCUT2D eigenvalue weighted by molar-refractivity contribution is 9.10. The Morgan fingerprint density at radius 3 is 2.83 bits per heavy atom. The number of rotatable bonds is 4. The van der Waals surface area contributed by atoms with Gasteiger partial charge in [0.15, 0.2) is 0 Å². The van der Waals surface area contributed by atoms with E-state index in [1.54, 1.807) is 19.5 Å². The molecule has 0 N–H and O–H groups in total. The molecule has 3 nitrogen and oxygen atoms in total. The van der Waals surface area contributed by atoms with Crippen LogP contribution >= 0.6 is 27.5 Å². The van der Waals surface area contributed by atoms with E-state index in [1.165, 1.54) is 0 Å². The minimum Gasteiger partial charge on any atom is -0.497 e. The Balaban J connectivity index is 2.09. The van der Waals surface area contributed by atoms with Crippen LogP contribution in [0.4, 0.5) is 0 Å². The third kappa shape index (κ3) is 3.15. The summed E-state index contributed by atoms with van der Waals surface area (Å²) >= 11 is 9.43. The molecule has 0 radical (unpaired) electrons. The van der Waals surface area contributed by atoms with Crippen molar-refractivity contribution in [3.63, 3.8) is 0 Å². The van der Waals surface area contributed by atoms with Gasteiger partial charge in [-0.2, -0.15) is 0 Å². The molecule has 0 aliphatic rings. The molecule has 0 saturated carbocycles. The highest BCUT2D eigenvalue weighted by Crippen LogP contribution is 2.30. The molecule has 5 heteroatoms. The van der Waals surface area contributed by atoms with E-state index in [1.807, 2.05) is 24.3 Å². The quantitative estimate of drug-likeness (QED) is 0.847. The number of aromatic nitrogens is 1. The van der Waals surface area contributed by atoms with Gasteiger partial charge in [0.05, 0.1) is 16.6 Å². The lowest BCUT2D eigenvalue weighted by Crippen LogP contribution is -1.97. The fraction of sp³-hybridized carbons (Fsp3) is 0.154. The van der Waals surface area contributed by atoms with Gasteiger partial charge >= 0.3 is 0 Å². The zero-order chi connectivity index (χ0) is 13.0. The SMILES string of the molecule is COc1ccc(OCc2ccncc2Cl)c(Br)c1. The summed E-state index contributed by atoms with van der Waals surface area (Å²) in [5, 5.41) is 0.599. The second kappa shape index (κ2) is 6.07. The summed E-state index contributed by atoms with van der Waals surface area (Å²) in [5.74, 6) is 1.51. The minimum absolute atomic E-state index is 0.395. The molecule has 0 fully saturated rings. The van der Waals surface area contributed by atoms with Gasteiger partial charge in [0.2, 0.25) is 0 Å². The fourth-order valence-electron chi connectivity index (χ4n) is 1.40. The molecule has 1 aromatic carbocycles. The predicted octanol–water partition coefficient (Wildman–Crippen LogP) is 4.09. The zero-order valence-electron chi connectivity index (χ0n) is 9.69. The van der Waals surface area contributed by atoms with Crippen LogP contribution in [0.25, 0.3) is 0 Å². The Morgan fingerprint density at radius 2 is 2.17 bits per heavy atom. The third-order valence-corrected chi connectivity index (χ3v) is 3.34. The second-order valence-corrected chi connectivity index (χ2v) is 4.81. The molecule has 94 valence electrons. The molecule has 1 aromatic heterocycles. The van der Waals surface area contributed by atoms with Crippen LogP contribution in [0.1, 0.15) is 5.56 Å². The van der Waals surface area contributed by atoms with E-state index in [4.69, 9.17) is 21.1 Å². The Hall–Kier alpha value is -1.26. The summed E-state index contributed by atoms with van der Waals surface area (Å²) < 4.78 is 11.6. The number of pyridine rings is 1. The van der Waals surface area contributed by atoms with E-state index < -0.39 is 0 Å². The third-order valence-electron chi connectivity index (χ3n) is 2.38. The molecule has 0 spiro atoms. The average Bonchev–Trinajstić information content (AvgIpc) is 2.39. The zero-order valence-corrected chi connectivity index (χ0v) is 12.0. The molecule has 0 atom stereocenters. The van der Waals surface area contributed by atoms with Crippen molar-refractivity contribution in [2.24, 2.45) is 0 Å². The maximum atomic E-state index is 6.00. The van der Waals surface area contributed by atoms with Crippen molar-refractivity contribution in [1.29, 1.82) is 0 Å². The molecular formula is C13H11BrClNO2. The Morgan fingerprint density at radius 1 is 1.33 bits per heavy atom. The van der Waals surface area contributed by atoms with Gasteiger partial charge in [-0.1, -0.05) is 11.6 Å². The van der Waals surface area contributed by atoms with E-state index in [0.29, 0.717) is 11.6 Å². The molecule has 18 heavy (non-hydrogen) atoms. The Labute approximate surface area is 119 Å². The minimum atomic E-state index is 0.395. The lowest BCUT2D eigenvalue weighted by molar-refractivity contribution is 0.303. The lowest BCUT2D eigenvalue weighted by Gasteiger charge is -2.10. The van der Waals surface area contributed by atoms with Crippen molar-refractivity contribution in [2.75, 3.05) is 7.11 Å². The maximum absolute atomic E-state index is 6.00. The summed E-state index contributed by atoms with van der Waals surface area (Å²) in [7, 11) is 1.62. The normalized spacial score (nSPS) is 10.2. The molecule has 0 aliphatic heterocycles. The fourth-order valence-corrected chi connectivity index (χ4v) is 2.05. The molecular weight excluding hydrogens is 318 g/mol. The van der Waals surface area contributed by atoms with E-state index in [0.717, 1.165) is 21.5 Å². The monoisotopic (exact) mass is 327 g/mol. The van der Waals surface area contributed by atoms with Crippen LogP contribution in [0.15, 0.2) is 41.1 Å². The summed E-state index contributed by atoms with van der Waals surface area (Å²) in [6.45, 7) is 0.395. The standard InChI is InChI=1S/C13H11BrClNO2/c1-17-10-2-3-13(11(14)6-10)18-8-9-4-5-16-7-12(9)15/h2-7H,8H2,1H3. The summed E-state index contributed by atoms with van der Waals surface area (Å²) in [4.78, 5) is 3.93. The van der Waals surface area contributed by atoms with Crippen molar-refractivity contribution in [2.45, 2.75) is 6.61 Å². The Bertz CT molecular complexity index is 548. The molecule has 0 amide bonds. The van der Waals surface area contributed by atoms with E-state index in [9.17, 15) is 0 Å². The van der Waals surface area contributed by atoms with Crippen LogP contribution in [0.3, 0.4) is 0 Å². The van der Waals surface area contributed by atoms with Gasteiger partial charge in [-0.25, -0.2) is 0 Å². The Kier molecular flexibility index (Phi) is 4.44. The number of nitrogens with zero attached hydrogens (tertiary/aromatic N) is 1. The second-order valence-electron chi connectivity index (χ2n) is 3.55. The molecule has 0 aliphatic carbocycles. The van der Waals surface area contributed by atoms with Crippen LogP contribution < -0.4 is 9.47 Å². The van der Waals surface area contributed by atoms with Crippen molar-refractivity contribution >= 4 is 27.5 Å². The van der Waals surface area contributed by atoms with Crippen molar-refractivity contribution < 1.29 is 9.47 Å². The summed E-state index contributed by atoms with van der Waals surface area (Å²) in [6, 6.07) is 7.37. The smallest absolute Gasteiger partial charge is 0.134 e. The molecule has 1 heterocycles. The van der Waals surface area contributed by atoms with Gasteiger partial charge in [-0.15, -0.1) is 0 Å². The van der Waals surface area contributed by atoms with Crippen LogP contribution in [0, 0.1) is 0 Å². The van der Waals surface area contributed by atoms with Gasteiger partial charge in [-0.3, -0.25) is 4.98 Å². The predicted molar refractivity (Wildman–Crippen MR) is 74.3 cm³/mol. The van der Waals surface area contributed by atoms with Crippen LogP contribution in [0.2, 0.25) is 5.02 Å². The molecule has 0 saturated heterocycles. The van der Waals surface area contributed by atoms with Gasteiger partial charge in [0.1, 0.15) is 18.1 Å². The number of benzene rings is 1. The van der Waals surface area contributed by atoms with Gasteiger partial charge in [0, 0.05) is 18.0 Å². The first-order chi connectivity index (χ1) is 8.70. The molecule has 2 rings (SSSR count). The van der Waals surface area contributed by atoms with Crippen molar-refractivity contribution in [3.05, 3.63) is 51.7 Å². The maximum Gasteiger partial charge on any atom is 0.134 e. The van der Waals surface area contributed by atoms with Gasteiger partial charge in [0.25, 0.3) is 0 Å². The lowest BCUT2D eigenvalue weighted by atomic mass is 10.3. The number of halogens is 2. The van der Waals surface area contributed by atoms with Gasteiger partial charge in [-0.05, 0) is 40.2 Å². The van der Waals surface area contributed by atoms with E-state index in [-0.39, 0.29) is 0 Å². The number of ether oxygens (including phenoxy) is 2. The number of methoxy groups -OCH3 is 1. The van der Waals surface area contributed by atoms with Crippen LogP contribution in [-0.4, -0.2) is 12.1 Å². The molecule has 0 unspecified atom stereocenters. The largest absolute Gasteiger partial charge is 0.497 e. The topological polar surface area (TPSA) is 31.4 Å². The molecule has 0 bridgehead atoms. The first-order valence-electron chi connectivity index (χ1n) is 5.25. The molecule has 2 aromatic rings. The van der Waals surface area contributed by atoms with Crippen molar-refractivity contribution in [1.82, 2.24) is 4.98 Å². The van der Waals surface area contributed by atoms with Crippen molar-refractivity contribution in [3.8, 4) is 11.5 Å². The van der Waals surface area contributed by atoms with Crippen LogP contribution in [-0.2, 0) is 6.61 Å². The summed E-state index contributed by atoms with van der Waals surface area (Å²) in [5.41, 5.74) is 0.898. The number of hydrogen-bond donors (Lipinski definition) is 0. The van der Waals surface area contributed by atoms with Crippen LogP contribution in [0.5, 0.6) is 11.5 Å². The van der Waals surface area contributed by atoms with E-state index >= 15 is 0 Å². The van der Waals surface area contributed by atoms with E-state index in [2.05, 4.69) is 20.9 Å². The van der Waals surface area contributed by atoms with Gasteiger partial charge < -0.3 is 9.47 Å². The summed E-state index contributed by atoms with van der Waals surface area (Å²) in [6.07, 6.45) is 3.29. The average molecular weight is 329 g/mol. The first kappa shape index (κ1) is 13.2.